The quantitative estimate of drug-likeness (QED) is 0.370. The minimum absolute atomic E-state index is 1.21. The fourth-order valence-corrected chi connectivity index (χ4v) is 3.00. The second-order valence-electron chi connectivity index (χ2n) is 5.89. The lowest BCUT2D eigenvalue weighted by molar-refractivity contribution is 1.60. The largest absolute Gasteiger partial charge is 0.0622 e. The third-order valence-electron chi connectivity index (χ3n) is 4.30. The Kier molecular flexibility index (Phi) is 3.95. The lowest BCUT2D eigenvalue weighted by Crippen LogP contribution is -1.79. The first kappa shape index (κ1) is 14.5. The molecule has 4 rings (SSSR count). The van der Waals surface area contributed by atoms with Crippen molar-refractivity contribution < 1.29 is 0 Å². The maximum atomic E-state index is 2.19. The number of fused-ring (bicyclic) bond motifs is 1. The van der Waals surface area contributed by atoms with Gasteiger partial charge in [-0.3, -0.25) is 0 Å². The summed E-state index contributed by atoms with van der Waals surface area (Å²) >= 11 is 0. The molecule has 4 aromatic carbocycles. The Morgan fingerprint density at radius 2 is 1.12 bits per heavy atom. The van der Waals surface area contributed by atoms with Gasteiger partial charge < -0.3 is 0 Å². The van der Waals surface area contributed by atoms with Crippen molar-refractivity contribution in [3.63, 3.8) is 0 Å². The van der Waals surface area contributed by atoms with E-state index >= 15 is 0 Å². The second-order valence-corrected chi connectivity index (χ2v) is 5.89. The molecule has 0 aromatic heterocycles. The van der Waals surface area contributed by atoms with E-state index in [1.54, 1.807) is 0 Å². The highest BCUT2D eigenvalue weighted by molar-refractivity contribution is 5.92. The highest BCUT2D eigenvalue weighted by Crippen LogP contribution is 2.22. The number of hydrogen-bond acceptors (Lipinski definition) is 0. The van der Waals surface area contributed by atoms with Crippen LogP contribution in [0.5, 0.6) is 0 Å². The van der Waals surface area contributed by atoms with E-state index in [-0.39, 0.29) is 0 Å². The first-order valence-corrected chi connectivity index (χ1v) is 8.21. The van der Waals surface area contributed by atoms with Gasteiger partial charge in [-0.25, -0.2) is 0 Å². The highest BCUT2D eigenvalue weighted by atomic mass is 14.0. The van der Waals surface area contributed by atoms with E-state index in [4.69, 9.17) is 0 Å². The van der Waals surface area contributed by atoms with Crippen molar-refractivity contribution in [2.45, 2.75) is 0 Å². The molecule has 0 spiro atoms. The van der Waals surface area contributed by atoms with E-state index in [0.717, 1.165) is 0 Å². The zero-order chi connectivity index (χ0) is 16.2. The number of rotatable bonds is 3. The first-order valence-electron chi connectivity index (χ1n) is 8.21. The molecule has 0 radical (unpaired) electrons. The van der Waals surface area contributed by atoms with Gasteiger partial charge in [0.2, 0.25) is 0 Å². The van der Waals surface area contributed by atoms with Gasteiger partial charge in [-0.15, -0.1) is 0 Å². The van der Waals surface area contributed by atoms with Crippen LogP contribution in [-0.4, -0.2) is 0 Å². The molecule has 4 aromatic rings. The fraction of sp³-hybridized carbons (Fsp3) is 0. The van der Waals surface area contributed by atoms with Gasteiger partial charge in [0.25, 0.3) is 0 Å². The summed E-state index contributed by atoms with van der Waals surface area (Å²) in [7, 11) is 0. The van der Waals surface area contributed by atoms with Crippen LogP contribution in [0.4, 0.5) is 0 Å². The third kappa shape index (κ3) is 3.00. The van der Waals surface area contributed by atoms with E-state index in [1.165, 1.54) is 33.0 Å². The van der Waals surface area contributed by atoms with Crippen molar-refractivity contribution in [2.24, 2.45) is 0 Å². The minimum atomic E-state index is 1.21. The Hall–Kier alpha value is -3.12. The van der Waals surface area contributed by atoms with E-state index < -0.39 is 0 Å². The molecule has 114 valence electrons. The lowest BCUT2D eigenvalue weighted by Gasteiger charge is -2.03. The Morgan fingerprint density at radius 1 is 0.458 bits per heavy atom. The first-order chi connectivity index (χ1) is 11.9. The molecule has 0 saturated heterocycles. The molecule has 0 nitrogen and oxygen atoms in total. The van der Waals surface area contributed by atoms with E-state index in [1.807, 2.05) is 6.07 Å². The molecule has 0 unspecified atom stereocenters. The second kappa shape index (κ2) is 6.55. The predicted octanol–water partition coefficient (Wildman–Crippen LogP) is 6.68. The molecule has 0 amide bonds. The SMILES string of the molecule is C(=C/c1cccc2ccccc12)/c1ccc(-c2ccccc2)cc1. The van der Waals surface area contributed by atoms with E-state index in [9.17, 15) is 0 Å². The smallest absolute Gasteiger partial charge is 0.0111 e. The summed E-state index contributed by atoms with van der Waals surface area (Å²) in [6, 6.07) is 34.1. The maximum absolute atomic E-state index is 2.19. The van der Waals surface area contributed by atoms with Gasteiger partial charge in [-0.2, -0.15) is 0 Å². The van der Waals surface area contributed by atoms with Crippen LogP contribution in [0.15, 0.2) is 97.1 Å². The van der Waals surface area contributed by atoms with Gasteiger partial charge in [0.15, 0.2) is 0 Å². The van der Waals surface area contributed by atoms with Crippen LogP contribution in [0.25, 0.3) is 34.1 Å². The van der Waals surface area contributed by atoms with Gasteiger partial charge in [-0.05, 0) is 33.0 Å². The zero-order valence-corrected chi connectivity index (χ0v) is 13.4. The van der Waals surface area contributed by atoms with Gasteiger partial charge in [0.05, 0.1) is 0 Å². The van der Waals surface area contributed by atoms with Gasteiger partial charge in [0, 0.05) is 0 Å². The van der Waals surface area contributed by atoms with Crippen LogP contribution in [-0.2, 0) is 0 Å². The third-order valence-corrected chi connectivity index (χ3v) is 4.30. The molecule has 0 N–H and O–H groups in total. The molecule has 0 bridgehead atoms. The van der Waals surface area contributed by atoms with Crippen LogP contribution < -0.4 is 0 Å². The number of hydrogen-bond donors (Lipinski definition) is 0. The van der Waals surface area contributed by atoms with Crippen molar-refractivity contribution in [1.82, 2.24) is 0 Å². The Bertz CT molecular complexity index is 972. The van der Waals surface area contributed by atoms with Crippen LogP contribution in [0.3, 0.4) is 0 Å². The predicted molar refractivity (Wildman–Crippen MR) is 105 cm³/mol. The molecular weight excluding hydrogens is 288 g/mol. The molecule has 0 fully saturated rings. The number of benzene rings is 4. The van der Waals surface area contributed by atoms with Gasteiger partial charge in [-0.1, -0.05) is 109 Å². The average Bonchev–Trinajstić information content (AvgIpc) is 2.67. The summed E-state index contributed by atoms with van der Waals surface area (Å²) in [5, 5.41) is 2.57. The van der Waals surface area contributed by atoms with Crippen molar-refractivity contribution >= 4 is 22.9 Å². The van der Waals surface area contributed by atoms with Crippen molar-refractivity contribution in [1.29, 1.82) is 0 Å². The molecule has 0 aliphatic heterocycles. The van der Waals surface area contributed by atoms with Crippen LogP contribution in [0, 0.1) is 0 Å². The van der Waals surface area contributed by atoms with Gasteiger partial charge >= 0.3 is 0 Å². The molecule has 0 atom stereocenters. The Morgan fingerprint density at radius 3 is 1.96 bits per heavy atom. The monoisotopic (exact) mass is 306 g/mol. The molecule has 24 heavy (non-hydrogen) atoms. The topological polar surface area (TPSA) is 0 Å². The van der Waals surface area contributed by atoms with Crippen molar-refractivity contribution in [3.05, 3.63) is 108 Å². The molecule has 0 heteroatoms. The summed E-state index contributed by atoms with van der Waals surface area (Å²) in [5.74, 6) is 0. The zero-order valence-electron chi connectivity index (χ0n) is 13.4. The summed E-state index contributed by atoms with van der Waals surface area (Å²) < 4.78 is 0. The Labute approximate surface area is 142 Å². The van der Waals surface area contributed by atoms with E-state index in [2.05, 4.69) is 103 Å². The fourth-order valence-electron chi connectivity index (χ4n) is 3.00. The van der Waals surface area contributed by atoms with Crippen LogP contribution >= 0.6 is 0 Å². The van der Waals surface area contributed by atoms with Gasteiger partial charge in [0.1, 0.15) is 0 Å². The molecule has 0 aliphatic rings. The lowest BCUT2D eigenvalue weighted by atomic mass is 10.0. The summed E-state index contributed by atoms with van der Waals surface area (Å²) in [6.45, 7) is 0. The molecule has 0 saturated carbocycles. The van der Waals surface area contributed by atoms with E-state index in [0.29, 0.717) is 0 Å². The summed E-state index contributed by atoms with van der Waals surface area (Å²) in [6.07, 6.45) is 4.37. The summed E-state index contributed by atoms with van der Waals surface area (Å²) in [5.41, 5.74) is 4.96. The molecule has 0 heterocycles. The average molecular weight is 306 g/mol. The van der Waals surface area contributed by atoms with Crippen LogP contribution in [0.2, 0.25) is 0 Å². The van der Waals surface area contributed by atoms with Crippen molar-refractivity contribution in [2.75, 3.05) is 0 Å². The standard InChI is InChI=1S/C24H18/c1-2-7-20(8-3-1)21-16-13-19(14-17-21)15-18-23-11-6-10-22-9-4-5-12-24(22)23/h1-18H/b18-15-. The van der Waals surface area contributed by atoms with Crippen molar-refractivity contribution in [3.8, 4) is 11.1 Å². The highest BCUT2D eigenvalue weighted by Gasteiger charge is 1.98. The summed E-state index contributed by atoms with van der Waals surface area (Å²) in [4.78, 5) is 0. The minimum Gasteiger partial charge on any atom is -0.0622 e. The Balaban J connectivity index is 1.62. The molecular formula is C24H18. The van der Waals surface area contributed by atoms with Crippen LogP contribution in [0.1, 0.15) is 11.1 Å². The normalized spacial score (nSPS) is 11.2. The molecule has 0 aliphatic carbocycles. The maximum Gasteiger partial charge on any atom is -0.0111 e.